The van der Waals surface area contributed by atoms with E-state index in [1.165, 1.54) is 28.6 Å². The molecule has 1 heterocycles. The van der Waals surface area contributed by atoms with E-state index in [4.69, 9.17) is 9.47 Å². The fourth-order valence-electron chi connectivity index (χ4n) is 3.59. The Kier molecular flexibility index (Phi) is 5.34. The Balaban J connectivity index is 1.80. The minimum absolute atomic E-state index is 0.147. The number of fused-ring (bicyclic) bond motifs is 1. The van der Waals surface area contributed by atoms with Gasteiger partial charge in [-0.05, 0) is 25.0 Å². The van der Waals surface area contributed by atoms with Gasteiger partial charge in [0.1, 0.15) is 10.7 Å². The van der Waals surface area contributed by atoms with Gasteiger partial charge in [-0.3, -0.25) is 0 Å². The Hall–Kier alpha value is -1.28. The lowest BCUT2D eigenvalue weighted by atomic mass is 10.1. The van der Waals surface area contributed by atoms with Crippen LogP contribution in [0.2, 0.25) is 0 Å². The molecule has 3 atom stereocenters. The second kappa shape index (κ2) is 7.31. The van der Waals surface area contributed by atoms with E-state index in [9.17, 15) is 12.8 Å². The zero-order valence-corrected chi connectivity index (χ0v) is 14.3. The van der Waals surface area contributed by atoms with Gasteiger partial charge < -0.3 is 9.47 Å². The molecule has 132 valence electrons. The maximum atomic E-state index is 14.0. The number of hydrogen-bond donors (Lipinski definition) is 0. The molecule has 1 aromatic carbocycles. The van der Waals surface area contributed by atoms with E-state index < -0.39 is 15.8 Å². The molecule has 0 N–H and O–H groups in total. The lowest BCUT2D eigenvalue weighted by Gasteiger charge is -2.38. The maximum Gasteiger partial charge on any atom is 0.246 e. The van der Waals surface area contributed by atoms with Crippen molar-refractivity contribution < 1.29 is 22.3 Å². The van der Waals surface area contributed by atoms with E-state index in [-0.39, 0.29) is 29.5 Å². The van der Waals surface area contributed by atoms with Crippen molar-refractivity contribution in [1.82, 2.24) is 4.31 Å². The van der Waals surface area contributed by atoms with Crippen LogP contribution in [0.25, 0.3) is 0 Å². The Morgan fingerprint density at radius 1 is 1.38 bits per heavy atom. The predicted octanol–water partition coefficient (Wildman–Crippen LogP) is 2.20. The minimum Gasteiger partial charge on any atom is -0.377 e. The lowest BCUT2D eigenvalue weighted by molar-refractivity contribution is -0.0606. The van der Waals surface area contributed by atoms with Crippen LogP contribution in [-0.2, 0) is 19.5 Å². The topological polar surface area (TPSA) is 55.8 Å². The molecule has 2 fully saturated rings. The molecule has 1 aliphatic heterocycles. The highest BCUT2D eigenvalue weighted by Gasteiger charge is 2.47. The highest BCUT2D eigenvalue weighted by Crippen LogP contribution is 2.37. The molecule has 0 amide bonds. The average Bonchev–Trinajstić information content (AvgIpc) is 2.98. The minimum atomic E-state index is -3.87. The number of hydrogen-bond acceptors (Lipinski definition) is 4. The zero-order chi connectivity index (χ0) is 17.2. The van der Waals surface area contributed by atoms with Gasteiger partial charge in [-0.2, -0.15) is 4.31 Å². The SMILES string of the molecule is C=CCOC[C@@H]1CC[C@H]2[C@H]1OCCN2S(=O)(=O)c1ccccc1F. The average molecular weight is 355 g/mol. The van der Waals surface area contributed by atoms with E-state index in [1.54, 1.807) is 6.08 Å². The summed E-state index contributed by atoms with van der Waals surface area (Å²) in [7, 11) is -3.87. The van der Waals surface area contributed by atoms with Crippen molar-refractivity contribution in [1.29, 1.82) is 0 Å². The molecule has 0 bridgehead atoms. The molecule has 5 nitrogen and oxygen atoms in total. The van der Waals surface area contributed by atoms with Gasteiger partial charge in [0.2, 0.25) is 10.0 Å². The monoisotopic (exact) mass is 355 g/mol. The molecule has 0 radical (unpaired) electrons. The second-order valence-corrected chi connectivity index (χ2v) is 7.97. The number of morpholine rings is 1. The Labute approximate surface area is 142 Å². The summed E-state index contributed by atoms with van der Waals surface area (Å²) in [6.07, 6.45) is 3.00. The van der Waals surface area contributed by atoms with E-state index in [0.29, 0.717) is 26.2 Å². The summed E-state index contributed by atoms with van der Waals surface area (Å²) in [6.45, 7) is 5.15. The number of benzene rings is 1. The molecule has 1 aromatic rings. The van der Waals surface area contributed by atoms with Gasteiger partial charge in [0.05, 0.1) is 32.0 Å². The first-order valence-corrected chi connectivity index (χ1v) is 9.56. The highest BCUT2D eigenvalue weighted by atomic mass is 32.2. The molecule has 0 spiro atoms. The first-order chi connectivity index (χ1) is 11.6. The van der Waals surface area contributed by atoms with Gasteiger partial charge in [0, 0.05) is 12.5 Å². The third kappa shape index (κ3) is 3.26. The van der Waals surface area contributed by atoms with Crippen LogP contribution in [0.4, 0.5) is 4.39 Å². The molecule has 0 aromatic heterocycles. The number of sulfonamides is 1. The Morgan fingerprint density at radius 2 is 2.17 bits per heavy atom. The molecule has 2 aliphatic rings. The predicted molar refractivity (Wildman–Crippen MR) is 87.6 cm³/mol. The highest BCUT2D eigenvalue weighted by molar-refractivity contribution is 7.89. The summed E-state index contributed by atoms with van der Waals surface area (Å²) in [4.78, 5) is -0.267. The first-order valence-electron chi connectivity index (χ1n) is 8.12. The van der Waals surface area contributed by atoms with Crippen molar-refractivity contribution in [3.63, 3.8) is 0 Å². The number of halogens is 1. The molecule has 1 saturated heterocycles. The van der Waals surface area contributed by atoms with Crippen LogP contribution in [0.5, 0.6) is 0 Å². The van der Waals surface area contributed by atoms with Crippen LogP contribution in [0, 0.1) is 11.7 Å². The number of ether oxygens (including phenoxy) is 2. The fraction of sp³-hybridized carbons (Fsp3) is 0.529. The summed E-state index contributed by atoms with van der Waals surface area (Å²) < 4.78 is 52.6. The van der Waals surface area contributed by atoms with Crippen molar-refractivity contribution in [3.05, 3.63) is 42.7 Å². The van der Waals surface area contributed by atoms with Crippen molar-refractivity contribution in [2.45, 2.75) is 29.9 Å². The number of nitrogens with zero attached hydrogens (tertiary/aromatic N) is 1. The van der Waals surface area contributed by atoms with Crippen molar-refractivity contribution in [2.75, 3.05) is 26.4 Å². The van der Waals surface area contributed by atoms with E-state index >= 15 is 0 Å². The van der Waals surface area contributed by atoms with E-state index in [1.807, 2.05) is 0 Å². The van der Waals surface area contributed by atoms with E-state index in [2.05, 4.69) is 6.58 Å². The summed E-state index contributed by atoms with van der Waals surface area (Å²) in [5, 5.41) is 0. The van der Waals surface area contributed by atoms with E-state index in [0.717, 1.165) is 6.42 Å². The first kappa shape index (κ1) is 17.5. The standard InChI is InChI=1S/C17H22FNO4S/c1-2-10-22-12-13-7-8-15-17(13)23-11-9-19(15)24(20,21)16-6-4-3-5-14(16)18/h2-6,13,15,17H,1,7-12H2/t13-,15-,17-/m0/s1. The van der Waals surface area contributed by atoms with Crippen LogP contribution in [-0.4, -0.2) is 51.2 Å². The largest absolute Gasteiger partial charge is 0.377 e. The van der Waals surface area contributed by atoms with Crippen LogP contribution >= 0.6 is 0 Å². The van der Waals surface area contributed by atoms with Gasteiger partial charge in [-0.1, -0.05) is 18.2 Å². The molecule has 1 aliphatic carbocycles. The van der Waals surface area contributed by atoms with Gasteiger partial charge in [0.25, 0.3) is 0 Å². The van der Waals surface area contributed by atoms with Gasteiger partial charge in [-0.15, -0.1) is 6.58 Å². The van der Waals surface area contributed by atoms with Crippen molar-refractivity contribution in [2.24, 2.45) is 5.92 Å². The lowest BCUT2D eigenvalue weighted by Crippen LogP contribution is -2.53. The Bertz CT molecular complexity index is 694. The third-order valence-electron chi connectivity index (χ3n) is 4.66. The fourth-order valence-corrected chi connectivity index (χ4v) is 5.30. The van der Waals surface area contributed by atoms with Crippen LogP contribution in [0.15, 0.2) is 41.8 Å². The van der Waals surface area contributed by atoms with Crippen molar-refractivity contribution in [3.8, 4) is 0 Å². The normalized spacial score (nSPS) is 27.8. The molecule has 7 heteroatoms. The van der Waals surface area contributed by atoms with Crippen LogP contribution in [0.3, 0.4) is 0 Å². The second-order valence-electron chi connectivity index (χ2n) is 6.11. The smallest absolute Gasteiger partial charge is 0.246 e. The molecule has 1 saturated carbocycles. The van der Waals surface area contributed by atoms with Gasteiger partial charge in [0.15, 0.2) is 0 Å². The molecule has 0 unspecified atom stereocenters. The third-order valence-corrected chi connectivity index (χ3v) is 6.62. The quantitative estimate of drug-likeness (QED) is 0.580. The summed E-state index contributed by atoms with van der Waals surface area (Å²) in [6, 6.07) is 5.24. The van der Waals surface area contributed by atoms with Crippen LogP contribution in [0.1, 0.15) is 12.8 Å². The molecular formula is C17H22FNO4S. The van der Waals surface area contributed by atoms with Gasteiger partial charge in [-0.25, -0.2) is 12.8 Å². The summed E-state index contributed by atoms with van der Waals surface area (Å²) in [5.41, 5.74) is 0. The van der Waals surface area contributed by atoms with Crippen LogP contribution < -0.4 is 0 Å². The summed E-state index contributed by atoms with van der Waals surface area (Å²) >= 11 is 0. The molecule has 24 heavy (non-hydrogen) atoms. The Morgan fingerprint density at radius 3 is 2.92 bits per heavy atom. The van der Waals surface area contributed by atoms with Gasteiger partial charge >= 0.3 is 0 Å². The summed E-state index contributed by atoms with van der Waals surface area (Å²) in [5.74, 6) is -0.571. The zero-order valence-electron chi connectivity index (χ0n) is 13.4. The number of rotatable bonds is 6. The molecular weight excluding hydrogens is 333 g/mol. The maximum absolute atomic E-state index is 14.0. The van der Waals surface area contributed by atoms with Crippen molar-refractivity contribution >= 4 is 10.0 Å². The molecule has 3 rings (SSSR count).